The number of benzene rings is 1. The van der Waals surface area contributed by atoms with Crippen molar-refractivity contribution in [1.82, 2.24) is 4.72 Å². The van der Waals surface area contributed by atoms with Crippen LogP contribution in [-0.2, 0) is 14.8 Å². The number of nitrogens with zero attached hydrogens (tertiary/aromatic N) is 1. The van der Waals surface area contributed by atoms with Gasteiger partial charge in [0.1, 0.15) is 4.90 Å². The van der Waals surface area contributed by atoms with Gasteiger partial charge >= 0.3 is 5.97 Å². The van der Waals surface area contributed by atoms with E-state index in [0.717, 1.165) is 0 Å². The number of hydrogen-bond acceptors (Lipinski definition) is 4. The minimum Gasteiger partial charge on any atom is -0.481 e. The first-order chi connectivity index (χ1) is 8.79. The summed E-state index contributed by atoms with van der Waals surface area (Å²) in [5.41, 5.74) is 0.477. The average Bonchev–Trinajstić information content (AvgIpc) is 2.38. The van der Waals surface area contributed by atoms with E-state index >= 15 is 0 Å². The number of carboxylic acid groups (broad SMARTS) is 1. The zero-order chi connectivity index (χ0) is 14.6. The molecule has 0 saturated carbocycles. The maximum absolute atomic E-state index is 11.9. The van der Waals surface area contributed by atoms with Crippen LogP contribution in [0, 0.1) is 5.92 Å². The van der Waals surface area contributed by atoms with E-state index in [1.165, 1.54) is 13.1 Å². The summed E-state index contributed by atoms with van der Waals surface area (Å²) in [6.07, 6.45) is 0. The van der Waals surface area contributed by atoms with Crippen molar-refractivity contribution in [1.29, 1.82) is 0 Å². The Morgan fingerprint density at radius 1 is 1.42 bits per heavy atom. The maximum Gasteiger partial charge on any atom is 0.308 e. The number of aliphatic carboxylic acids is 1. The lowest BCUT2D eigenvalue weighted by Gasteiger charge is -2.23. The Balaban J connectivity index is 3.11. The van der Waals surface area contributed by atoms with E-state index in [4.69, 9.17) is 5.11 Å². The quantitative estimate of drug-likeness (QED) is 0.806. The Morgan fingerprint density at radius 3 is 2.53 bits per heavy atom. The van der Waals surface area contributed by atoms with E-state index in [1.54, 1.807) is 37.1 Å². The maximum atomic E-state index is 11.9. The fourth-order valence-corrected chi connectivity index (χ4v) is 2.67. The van der Waals surface area contributed by atoms with Gasteiger partial charge in [0.05, 0.1) is 11.6 Å². The highest BCUT2D eigenvalue weighted by Crippen LogP contribution is 2.24. The number of hydrogen-bond donors (Lipinski definition) is 2. The molecule has 0 heterocycles. The van der Waals surface area contributed by atoms with Crippen LogP contribution in [0.25, 0.3) is 0 Å². The number of nitrogens with one attached hydrogen (secondary N) is 1. The molecule has 0 aliphatic heterocycles. The molecule has 19 heavy (non-hydrogen) atoms. The molecule has 0 fully saturated rings. The van der Waals surface area contributed by atoms with Crippen molar-refractivity contribution in [2.75, 3.05) is 25.5 Å². The predicted octanol–water partition coefficient (Wildman–Crippen LogP) is 0.752. The molecule has 0 aromatic heterocycles. The topological polar surface area (TPSA) is 86.7 Å². The summed E-state index contributed by atoms with van der Waals surface area (Å²) < 4.78 is 26.0. The van der Waals surface area contributed by atoms with E-state index in [-0.39, 0.29) is 11.4 Å². The molecule has 0 bridgehead atoms. The molecule has 2 N–H and O–H groups in total. The molecule has 106 valence electrons. The van der Waals surface area contributed by atoms with E-state index in [1.807, 2.05) is 0 Å². The van der Waals surface area contributed by atoms with Gasteiger partial charge < -0.3 is 10.0 Å². The lowest BCUT2D eigenvalue weighted by Crippen LogP contribution is -2.30. The number of carbonyl (C=O) groups is 1. The van der Waals surface area contributed by atoms with E-state index < -0.39 is 21.9 Å². The molecule has 0 radical (unpaired) electrons. The first kappa shape index (κ1) is 15.5. The second-order valence-electron chi connectivity index (χ2n) is 4.30. The molecule has 1 aromatic carbocycles. The van der Waals surface area contributed by atoms with Gasteiger partial charge in [0, 0.05) is 13.6 Å². The highest BCUT2D eigenvalue weighted by Gasteiger charge is 2.21. The Bertz CT molecular complexity index is 557. The fraction of sp³-hybridized carbons (Fsp3) is 0.417. The Morgan fingerprint density at radius 2 is 2.00 bits per heavy atom. The molecule has 7 heteroatoms. The van der Waals surface area contributed by atoms with Crippen molar-refractivity contribution in [3.8, 4) is 0 Å². The van der Waals surface area contributed by atoms with Crippen LogP contribution in [-0.4, -0.2) is 40.1 Å². The summed E-state index contributed by atoms with van der Waals surface area (Å²) in [6.45, 7) is 1.81. The number of carboxylic acids is 1. The van der Waals surface area contributed by atoms with Gasteiger partial charge in [-0.3, -0.25) is 4.79 Å². The summed E-state index contributed by atoms with van der Waals surface area (Å²) in [7, 11) is -0.560. The molecule has 0 saturated heterocycles. The molecule has 0 aliphatic carbocycles. The van der Waals surface area contributed by atoms with Crippen LogP contribution in [0.3, 0.4) is 0 Å². The largest absolute Gasteiger partial charge is 0.481 e. The standard InChI is InChI=1S/C12H18N2O4S/c1-9(12(15)16)8-14(3)10-6-4-5-7-11(10)19(17,18)13-2/h4-7,9,13H,8H2,1-3H3,(H,15,16). The Labute approximate surface area is 113 Å². The third-order valence-corrected chi connectivity index (χ3v) is 4.27. The fourth-order valence-electron chi connectivity index (χ4n) is 1.70. The normalized spacial score (nSPS) is 13.0. The van der Waals surface area contributed by atoms with Gasteiger partial charge in [0.2, 0.25) is 10.0 Å². The van der Waals surface area contributed by atoms with Gasteiger partial charge in [-0.2, -0.15) is 0 Å². The highest BCUT2D eigenvalue weighted by molar-refractivity contribution is 7.89. The number of sulfonamides is 1. The first-order valence-corrected chi connectivity index (χ1v) is 7.24. The second-order valence-corrected chi connectivity index (χ2v) is 6.15. The molecule has 1 rings (SSSR count). The van der Waals surface area contributed by atoms with Gasteiger partial charge in [0.15, 0.2) is 0 Å². The van der Waals surface area contributed by atoms with Crippen LogP contribution in [0.2, 0.25) is 0 Å². The lowest BCUT2D eigenvalue weighted by atomic mass is 10.1. The number of rotatable bonds is 6. The molecular weight excluding hydrogens is 268 g/mol. The van der Waals surface area contributed by atoms with E-state index in [2.05, 4.69) is 4.72 Å². The lowest BCUT2D eigenvalue weighted by molar-refractivity contribution is -0.140. The summed E-state index contributed by atoms with van der Waals surface area (Å²) in [5.74, 6) is -1.50. The van der Waals surface area contributed by atoms with Crippen LogP contribution >= 0.6 is 0 Å². The summed E-state index contributed by atoms with van der Waals surface area (Å²) in [5, 5.41) is 8.90. The van der Waals surface area contributed by atoms with Gasteiger partial charge in [-0.15, -0.1) is 0 Å². The van der Waals surface area contributed by atoms with E-state index in [9.17, 15) is 13.2 Å². The van der Waals surface area contributed by atoms with Gasteiger partial charge in [0.25, 0.3) is 0 Å². The van der Waals surface area contributed by atoms with Crippen molar-refractivity contribution < 1.29 is 18.3 Å². The monoisotopic (exact) mass is 286 g/mol. The first-order valence-electron chi connectivity index (χ1n) is 5.76. The van der Waals surface area contributed by atoms with Crippen molar-refractivity contribution in [2.45, 2.75) is 11.8 Å². The molecule has 1 atom stereocenters. The molecular formula is C12H18N2O4S. The van der Waals surface area contributed by atoms with Gasteiger partial charge in [-0.25, -0.2) is 13.1 Å². The highest BCUT2D eigenvalue weighted by atomic mass is 32.2. The van der Waals surface area contributed by atoms with Crippen LogP contribution in [0.15, 0.2) is 29.2 Å². The smallest absolute Gasteiger partial charge is 0.308 e. The molecule has 0 spiro atoms. The van der Waals surface area contributed by atoms with E-state index in [0.29, 0.717) is 5.69 Å². The van der Waals surface area contributed by atoms with Crippen LogP contribution < -0.4 is 9.62 Å². The molecule has 6 nitrogen and oxygen atoms in total. The zero-order valence-electron chi connectivity index (χ0n) is 11.1. The zero-order valence-corrected chi connectivity index (χ0v) is 11.9. The number of para-hydroxylation sites is 1. The average molecular weight is 286 g/mol. The summed E-state index contributed by atoms with van der Waals surface area (Å²) >= 11 is 0. The third-order valence-electron chi connectivity index (χ3n) is 2.80. The Kier molecular flexibility index (Phi) is 4.90. The summed E-state index contributed by atoms with van der Waals surface area (Å²) in [4.78, 5) is 12.6. The molecule has 0 amide bonds. The minimum absolute atomic E-state index is 0.137. The molecule has 0 aliphatic rings. The van der Waals surface area contributed by atoms with Crippen molar-refractivity contribution in [3.05, 3.63) is 24.3 Å². The van der Waals surface area contributed by atoms with Gasteiger partial charge in [-0.05, 0) is 19.2 Å². The predicted molar refractivity (Wildman–Crippen MR) is 72.8 cm³/mol. The minimum atomic E-state index is -3.57. The van der Waals surface area contributed by atoms with Crippen LogP contribution in [0.5, 0.6) is 0 Å². The van der Waals surface area contributed by atoms with Crippen molar-refractivity contribution >= 4 is 21.7 Å². The van der Waals surface area contributed by atoms with Crippen LogP contribution in [0.1, 0.15) is 6.92 Å². The molecule has 1 unspecified atom stereocenters. The Hall–Kier alpha value is -1.60. The SMILES string of the molecule is CNS(=O)(=O)c1ccccc1N(C)CC(C)C(=O)O. The number of anilines is 1. The molecule has 1 aromatic rings. The van der Waals surface area contributed by atoms with Crippen molar-refractivity contribution in [2.24, 2.45) is 5.92 Å². The summed E-state index contributed by atoms with van der Waals surface area (Å²) in [6, 6.07) is 6.48. The van der Waals surface area contributed by atoms with Crippen LogP contribution in [0.4, 0.5) is 5.69 Å². The second kappa shape index (κ2) is 6.03. The third kappa shape index (κ3) is 3.68. The van der Waals surface area contributed by atoms with Gasteiger partial charge in [-0.1, -0.05) is 19.1 Å². The van der Waals surface area contributed by atoms with Crippen molar-refractivity contribution in [3.63, 3.8) is 0 Å².